The summed E-state index contributed by atoms with van der Waals surface area (Å²) in [5, 5.41) is 3.35. The second kappa shape index (κ2) is 8.84. The lowest BCUT2D eigenvalue weighted by Gasteiger charge is -2.21. The number of pyridine rings is 1. The molecule has 0 amide bonds. The van der Waals surface area contributed by atoms with Gasteiger partial charge in [0, 0.05) is 32.9 Å². The zero-order valence-electron chi connectivity index (χ0n) is 15.8. The van der Waals surface area contributed by atoms with Gasteiger partial charge >= 0.3 is 0 Å². The van der Waals surface area contributed by atoms with Crippen molar-refractivity contribution in [2.24, 2.45) is 4.99 Å². The molecule has 0 radical (unpaired) electrons. The van der Waals surface area contributed by atoms with Crippen LogP contribution in [0.25, 0.3) is 11.3 Å². The average Bonchev–Trinajstić information content (AvgIpc) is 3.18. The van der Waals surface area contributed by atoms with Gasteiger partial charge in [0.15, 0.2) is 5.96 Å². The smallest absolute Gasteiger partial charge is 0.213 e. The van der Waals surface area contributed by atoms with E-state index in [1.807, 2.05) is 48.5 Å². The van der Waals surface area contributed by atoms with Gasteiger partial charge in [0.2, 0.25) is 5.88 Å². The van der Waals surface area contributed by atoms with Crippen LogP contribution >= 0.6 is 0 Å². The third-order valence-electron chi connectivity index (χ3n) is 4.13. The second-order valence-corrected chi connectivity index (χ2v) is 6.07. The number of H-pyrrole nitrogens is 1. The molecule has 140 valence electrons. The molecule has 1 aromatic carbocycles. The summed E-state index contributed by atoms with van der Waals surface area (Å²) in [6.07, 6.45) is 3.59. The van der Waals surface area contributed by atoms with Gasteiger partial charge in [-0.05, 0) is 17.2 Å². The molecule has 3 rings (SSSR count). The molecule has 3 aromatic rings. The first kappa shape index (κ1) is 18.4. The number of nitrogens with one attached hydrogen (secondary N) is 2. The zero-order valence-corrected chi connectivity index (χ0v) is 15.8. The Morgan fingerprint density at radius 2 is 2.04 bits per heavy atom. The van der Waals surface area contributed by atoms with Gasteiger partial charge in [0.1, 0.15) is 5.82 Å². The molecular formula is C20H24N6O. The molecule has 2 aromatic heterocycles. The molecule has 0 saturated heterocycles. The fraction of sp³-hybridized carbons (Fsp3) is 0.250. The summed E-state index contributed by atoms with van der Waals surface area (Å²) in [5.41, 5.74) is 3.19. The Labute approximate surface area is 159 Å². The normalized spacial score (nSPS) is 11.3. The minimum absolute atomic E-state index is 0.599. The van der Waals surface area contributed by atoms with Gasteiger partial charge in [-0.25, -0.2) is 9.97 Å². The lowest BCUT2D eigenvalue weighted by atomic mass is 10.2. The summed E-state index contributed by atoms with van der Waals surface area (Å²) >= 11 is 0. The van der Waals surface area contributed by atoms with E-state index in [1.165, 1.54) is 0 Å². The predicted molar refractivity (Wildman–Crippen MR) is 106 cm³/mol. The van der Waals surface area contributed by atoms with Gasteiger partial charge in [0.05, 0.1) is 25.5 Å². The van der Waals surface area contributed by atoms with Crippen molar-refractivity contribution in [2.75, 3.05) is 21.2 Å². The number of methoxy groups -OCH3 is 1. The molecule has 7 heteroatoms. The number of rotatable bonds is 6. The molecule has 0 aliphatic carbocycles. The quantitative estimate of drug-likeness (QED) is 0.519. The maximum atomic E-state index is 5.16. The van der Waals surface area contributed by atoms with E-state index in [1.54, 1.807) is 20.4 Å². The molecule has 0 spiro atoms. The highest BCUT2D eigenvalue weighted by molar-refractivity contribution is 5.79. The molecule has 0 fully saturated rings. The molecular weight excluding hydrogens is 340 g/mol. The lowest BCUT2D eigenvalue weighted by molar-refractivity contribution is 0.397. The number of benzene rings is 1. The van der Waals surface area contributed by atoms with E-state index in [0.29, 0.717) is 19.0 Å². The molecule has 7 nitrogen and oxygen atoms in total. The minimum Gasteiger partial charge on any atom is -0.481 e. The van der Waals surface area contributed by atoms with Crippen molar-refractivity contribution in [3.05, 3.63) is 66.2 Å². The Morgan fingerprint density at radius 3 is 2.78 bits per heavy atom. The van der Waals surface area contributed by atoms with Crippen LogP contribution in [0.15, 0.2) is 59.9 Å². The average molecular weight is 364 g/mol. The predicted octanol–water partition coefficient (Wildman–Crippen LogP) is 2.69. The summed E-state index contributed by atoms with van der Waals surface area (Å²) < 4.78 is 5.16. The largest absolute Gasteiger partial charge is 0.481 e. The second-order valence-electron chi connectivity index (χ2n) is 6.07. The molecule has 0 aliphatic rings. The van der Waals surface area contributed by atoms with Crippen LogP contribution in [0.2, 0.25) is 0 Å². The first-order valence-corrected chi connectivity index (χ1v) is 8.69. The van der Waals surface area contributed by atoms with Crippen molar-refractivity contribution >= 4 is 5.96 Å². The van der Waals surface area contributed by atoms with Gasteiger partial charge in [-0.3, -0.25) is 4.99 Å². The number of aromatic amines is 1. The summed E-state index contributed by atoms with van der Waals surface area (Å²) in [5.74, 6) is 2.26. The third-order valence-corrected chi connectivity index (χ3v) is 4.13. The Kier molecular flexibility index (Phi) is 6.04. The number of nitrogens with zero attached hydrogens (tertiary/aromatic N) is 4. The minimum atomic E-state index is 0.599. The van der Waals surface area contributed by atoms with E-state index in [0.717, 1.165) is 28.6 Å². The Morgan fingerprint density at radius 1 is 1.22 bits per heavy atom. The van der Waals surface area contributed by atoms with Crippen LogP contribution in [0.5, 0.6) is 5.88 Å². The van der Waals surface area contributed by atoms with E-state index in [-0.39, 0.29) is 0 Å². The van der Waals surface area contributed by atoms with E-state index in [4.69, 9.17) is 4.74 Å². The van der Waals surface area contributed by atoms with E-state index >= 15 is 0 Å². The molecule has 2 N–H and O–H groups in total. The molecule has 2 heterocycles. The Bertz CT molecular complexity index is 890. The van der Waals surface area contributed by atoms with Gasteiger partial charge in [-0.15, -0.1) is 0 Å². The number of aromatic nitrogens is 3. The lowest BCUT2D eigenvalue weighted by Crippen LogP contribution is -2.38. The van der Waals surface area contributed by atoms with E-state index in [9.17, 15) is 0 Å². The summed E-state index contributed by atoms with van der Waals surface area (Å²) in [7, 11) is 5.36. The Hall–Kier alpha value is -3.35. The van der Waals surface area contributed by atoms with Crippen molar-refractivity contribution in [1.82, 2.24) is 25.2 Å². The number of aliphatic imine (C=N–C) groups is 1. The first-order valence-electron chi connectivity index (χ1n) is 8.69. The number of hydrogen-bond donors (Lipinski definition) is 2. The fourth-order valence-electron chi connectivity index (χ4n) is 2.74. The topological polar surface area (TPSA) is 78.4 Å². The number of hydrogen-bond acceptors (Lipinski definition) is 4. The summed E-state index contributed by atoms with van der Waals surface area (Å²) in [6, 6.07) is 14.0. The van der Waals surface area contributed by atoms with Gasteiger partial charge < -0.3 is 19.9 Å². The van der Waals surface area contributed by atoms with Crippen LogP contribution in [-0.2, 0) is 13.1 Å². The van der Waals surface area contributed by atoms with E-state index in [2.05, 4.69) is 37.4 Å². The molecule has 0 aliphatic heterocycles. The van der Waals surface area contributed by atoms with Gasteiger partial charge in [-0.1, -0.05) is 30.3 Å². The van der Waals surface area contributed by atoms with Gasteiger partial charge in [-0.2, -0.15) is 0 Å². The SMILES string of the molecule is CN=C(NCc1ccnc(OC)c1)N(C)Cc1ncc(-c2ccccc2)[nH]1. The molecule has 0 saturated carbocycles. The highest BCUT2D eigenvalue weighted by Gasteiger charge is 2.10. The highest BCUT2D eigenvalue weighted by atomic mass is 16.5. The molecule has 0 atom stereocenters. The van der Waals surface area contributed by atoms with Crippen LogP contribution in [0.4, 0.5) is 0 Å². The molecule has 0 bridgehead atoms. The van der Waals surface area contributed by atoms with Gasteiger partial charge in [0.25, 0.3) is 0 Å². The van der Waals surface area contributed by atoms with Crippen LogP contribution in [-0.4, -0.2) is 47.0 Å². The standard InChI is InChI=1S/C20H24N6O/c1-21-20(24-12-15-9-10-22-19(11-15)27-3)26(2)14-18-23-13-17(25-18)16-7-5-4-6-8-16/h4-11,13H,12,14H2,1-3H3,(H,21,24)(H,23,25). The number of guanidine groups is 1. The zero-order chi connectivity index (χ0) is 19.1. The monoisotopic (exact) mass is 364 g/mol. The van der Waals surface area contributed by atoms with Crippen LogP contribution in [0, 0.1) is 0 Å². The number of ether oxygens (including phenoxy) is 1. The first-order chi connectivity index (χ1) is 13.2. The fourth-order valence-corrected chi connectivity index (χ4v) is 2.74. The maximum absolute atomic E-state index is 5.16. The van der Waals surface area contributed by atoms with Crippen molar-refractivity contribution in [2.45, 2.75) is 13.1 Å². The van der Waals surface area contributed by atoms with Crippen molar-refractivity contribution in [3.8, 4) is 17.1 Å². The molecule has 27 heavy (non-hydrogen) atoms. The summed E-state index contributed by atoms with van der Waals surface area (Å²) in [4.78, 5) is 18.3. The highest BCUT2D eigenvalue weighted by Crippen LogP contribution is 2.16. The molecule has 0 unspecified atom stereocenters. The Balaban J connectivity index is 1.60. The third kappa shape index (κ3) is 4.84. The van der Waals surface area contributed by atoms with Crippen LogP contribution in [0.1, 0.15) is 11.4 Å². The maximum Gasteiger partial charge on any atom is 0.213 e. The summed E-state index contributed by atoms with van der Waals surface area (Å²) in [6.45, 7) is 1.25. The number of imidazole rings is 1. The van der Waals surface area contributed by atoms with Crippen molar-refractivity contribution in [1.29, 1.82) is 0 Å². The van der Waals surface area contributed by atoms with Crippen LogP contribution < -0.4 is 10.1 Å². The van der Waals surface area contributed by atoms with Crippen molar-refractivity contribution in [3.63, 3.8) is 0 Å². The van der Waals surface area contributed by atoms with Crippen molar-refractivity contribution < 1.29 is 4.74 Å². The van der Waals surface area contributed by atoms with E-state index < -0.39 is 0 Å². The van der Waals surface area contributed by atoms with Crippen LogP contribution in [0.3, 0.4) is 0 Å².